The molecule has 142 valence electrons. The van der Waals surface area contributed by atoms with Crippen LogP contribution in [-0.2, 0) is 0 Å². The molecule has 0 atom stereocenters. The summed E-state index contributed by atoms with van der Waals surface area (Å²) in [6.45, 7) is 2.93. The molecule has 0 unspecified atom stereocenters. The van der Waals surface area contributed by atoms with Gasteiger partial charge < -0.3 is 9.80 Å². The van der Waals surface area contributed by atoms with E-state index < -0.39 is 0 Å². The molecular formula is C20H26Cl2N2O2. The van der Waals surface area contributed by atoms with Crippen LogP contribution in [0.5, 0.6) is 0 Å². The average molecular weight is 397 g/mol. The van der Waals surface area contributed by atoms with Crippen LogP contribution in [0, 0.1) is 0 Å². The fourth-order valence-corrected chi connectivity index (χ4v) is 4.12. The zero-order valence-electron chi connectivity index (χ0n) is 15.1. The van der Waals surface area contributed by atoms with Crippen molar-refractivity contribution in [1.82, 2.24) is 9.80 Å². The summed E-state index contributed by atoms with van der Waals surface area (Å²) in [5.41, 5.74) is 0.770. The van der Waals surface area contributed by atoms with E-state index >= 15 is 0 Å². The summed E-state index contributed by atoms with van der Waals surface area (Å²) >= 11 is 12.4. The van der Waals surface area contributed by atoms with Crippen LogP contribution in [-0.4, -0.2) is 47.8 Å². The van der Waals surface area contributed by atoms with Gasteiger partial charge in [0.2, 0.25) is 0 Å². The topological polar surface area (TPSA) is 40.6 Å². The third-order valence-electron chi connectivity index (χ3n) is 5.31. The fourth-order valence-electron chi connectivity index (χ4n) is 3.79. The molecule has 0 radical (unpaired) electrons. The Morgan fingerprint density at radius 2 is 0.923 bits per heavy atom. The van der Waals surface area contributed by atoms with Gasteiger partial charge in [-0.3, -0.25) is 9.59 Å². The van der Waals surface area contributed by atoms with E-state index in [2.05, 4.69) is 0 Å². The van der Waals surface area contributed by atoms with Crippen molar-refractivity contribution in [3.05, 3.63) is 33.3 Å². The van der Waals surface area contributed by atoms with E-state index in [4.69, 9.17) is 23.2 Å². The van der Waals surface area contributed by atoms with Crippen LogP contribution < -0.4 is 0 Å². The van der Waals surface area contributed by atoms with Crippen LogP contribution in [0.1, 0.15) is 72.1 Å². The van der Waals surface area contributed by atoms with Gasteiger partial charge in [-0.15, -0.1) is 0 Å². The summed E-state index contributed by atoms with van der Waals surface area (Å²) in [5.74, 6) is -0.215. The van der Waals surface area contributed by atoms with Gasteiger partial charge in [-0.25, -0.2) is 0 Å². The maximum atomic E-state index is 13.1. The molecule has 2 heterocycles. The number of hydrogen-bond acceptors (Lipinski definition) is 2. The van der Waals surface area contributed by atoms with Gasteiger partial charge in [0.05, 0.1) is 21.2 Å². The highest BCUT2D eigenvalue weighted by Gasteiger charge is 2.27. The van der Waals surface area contributed by atoms with Crippen molar-refractivity contribution in [1.29, 1.82) is 0 Å². The monoisotopic (exact) mass is 396 g/mol. The Morgan fingerprint density at radius 3 is 1.23 bits per heavy atom. The van der Waals surface area contributed by atoms with Gasteiger partial charge in [0, 0.05) is 26.2 Å². The predicted molar refractivity (Wildman–Crippen MR) is 105 cm³/mol. The summed E-state index contributed by atoms with van der Waals surface area (Å²) in [6, 6.07) is 3.14. The number of hydrogen-bond donors (Lipinski definition) is 0. The van der Waals surface area contributed by atoms with E-state index in [1.165, 1.54) is 0 Å². The van der Waals surface area contributed by atoms with Crippen LogP contribution >= 0.6 is 23.2 Å². The second-order valence-corrected chi connectivity index (χ2v) is 8.04. The van der Waals surface area contributed by atoms with Gasteiger partial charge in [-0.05, 0) is 37.8 Å². The van der Waals surface area contributed by atoms with Crippen LogP contribution in [0.2, 0.25) is 10.0 Å². The highest BCUT2D eigenvalue weighted by atomic mass is 35.5. The van der Waals surface area contributed by atoms with Crippen molar-refractivity contribution >= 4 is 35.0 Å². The first kappa shape index (κ1) is 19.5. The SMILES string of the molecule is O=C(c1cc(Cl)c(Cl)cc1C(=O)N1CCCCCC1)N1CCCCCC1. The molecule has 2 saturated heterocycles. The molecule has 0 aliphatic carbocycles. The standard InChI is InChI=1S/C20H26Cl2N2O2/c21-17-13-15(19(25)23-9-5-1-2-6-10-23)16(14-18(17)22)20(26)24-11-7-3-4-8-12-24/h13-14H,1-12H2. The Balaban J connectivity index is 1.92. The molecule has 26 heavy (non-hydrogen) atoms. The van der Waals surface area contributed by atoms with Crippen molar-refractivity contribution < 1.29 is 9.59 Å². The lowest BCUT2D eigenvalue weighted by molar-refractivity contribution is 0.0722. The molecule has 6 heteroatoms. The van der Waals surface area contributed by atoms with Gasteiger partial charge in [-0.2, -0.15) is 0 Å². The summed E-state index contributed by atoms with van der Waals surface area (Å²) in [4.78, 5) is 30.0. The minimum Gasteiger partial charge on any atom is -0.339 e. The molecule has 0 saturated carbocycles. The first-order valence-corrected chi connectivity index (χ1v) is 10.4. The number of rotatable bonds is 2. The average Bonchev–Trinajstić information content (AvgIpc) is 3.07. The normalized spacial score (nSPS) is 19.0. The largest absolute Gasteiger partial charge is 0.339 e. The molecule has 0 spiro atoms. The zero-order valence-corrected chi connectivity index (χ0v) is 16.6. The Hall–Kier alpha value is -1.26. The maximum absolute atomic E-state index is 13.1. The van der Waals surface area contributed by atoms with Crippen molar-refractivity contribution in [3.8, 4) is 0 Å². The van der Waals surface area contributed by atoms with E-state index in [0.717, 1.165) is 77.5 Å². The molecule has 1 aromatic carbocycles. The highest BCUT2D eigenvalue weighted by molar-refractivity contribution is 6.42. The second kappa shape index (κ2) is 9.09. The van der Waals surface area contributed by atoms with Gasteiger partial charge >= 0.3 is 0 Å². The van der Waals surface area contributed by atoms with Crippen LogP contribution in [0.3, 0.4) is 0 Å². The number of likely N-dealkylation sites (tertiary alicyclic amines) is 2. The summed E-state index contributed by atoms with van der Waals surface area (Å²) in [6.07, 6.45) is 8.58. The van der Waals surface area contributed by atoms with E-state index in [1.54, 1.807) is 12.1 Å². The minimum absolute atomic E-state index is 0.108. The smallest absolute Gasteiger partial charge is 0.254 e. The van der Waals surface area contributed by atoms with Crippen LogP contribution in [0.25, 0.3) is 0 Å². The quantitative estimate of drug-likeness (QED) is 0.703. The van der Waals surface area contributed by atoms with Crippen molar-refractivity contribution in [2.24, 2.45) is 0 Å². The van der Waals surface area contributed by atoms with Gasteiger partial charge in [0.1, 0.15) is 0 Å². The molecule has 2 fully saturated rings. The maximum Gasteiger partial charge on any atom is 0.254 e. The second-order valence-electron chi connectivity index (χ2n) is 7.22. The number of benzene rings is 1. The van der Waals surface area contributed by atoms with Crippen molar-refractivity contribution in [2.45, 2.75) is 51.4 Å². The third kappa shape index (κ3) is 4.52. The van der Waals surface area contributed by atoms with Crippen molar-refractivity contribution in [2.75, 3.05) is 26.2 Å². The van der Waals surface area contributed by atoms with Gasteiger partial charge in [0.25, 0.3) is 11.8 Å². The molecule has 4 nitrogen and oxygen atoms in total. The number of amides is 2. The first-order chi connectivity index (χ1) is 12.6. The molecular weight excluding hydrogens is 371 g/mol. The van der Waals surface area contributed by atoms with Gasteiger partial charge in [-0.1, -0.05) is 48.9 Å². The lowest BCUT2D eigenvalue weighted by Gasteiger charge is -2.25. The van der Waals surface area contributed by atoms with Crippen LogP contribution in [0.15, 0.2) is 12.1 Å². The molecule has 1 aromatic rings. The van der Waals surface area contributed by atoms with E-state index in [9.17, 15) is 9.59 Å². The minimum atomic E-state index is -0.108. The first-order valence-electron chi connectivity index (χ1n) is 9.65. The summed E-state index contributed by atoms with van der Waals surface area (Å²) in [7, 11) is 0. The van der Waals surface area contributed by atoms with Gasteiger partial charge in [0.15, 0.2) is 0 Å². The third-order valence-corrected chi connectivity index (χ3v) is 6.03. The molecule has 2 aliphatic heterocycles. The lowest BCUT2D eigenvalue weighted by Crippen LogP contribution is -2.36. The van der Waals surface area contributed by atoms with E-state index in [0.29, 0.717) is 21.2 Å². The zero-order chi connectivity index (χ0) is 18.5. The molecule has 3 rings (SSSR count). The van der Waals surface area contributed by atoms with Crippen LogP contribution in [0.4, 0.5) is 0 Å². The summed E-state index contributed by atoms with van der Waals surface area (Å²) in [5, 5.41) is 0.634. The Kier molecular flexibility index (Phi) is 6.82. The molecule has 0 aromatic heterocycles. The van der Waals surface area contributed by atoms with E-state index in [1.807, 2.05) is 9.80 Å². The van der Waals surface area contributed by atoms with Crippen molar-refractivity contribution in [3.63, 3.8) is 0 Å². The Morgan fingerprint density at radius 1 is 0.615 bits per heavy atom. The molecule has 2 amide bonds. The number of carbonyl (C=O) groups is 2. The molecule has 2 aliphatic rings. The van der Waals surface area contributed by atoms with E-state index in [-0.39, 0.29) is 11.8 Å². The summed E-state index contributed by atoms with van der Waals surface area (Å²) < 4.78 is 0. The lowest BCUT2D eigenvalue weighted by atomic mass is 10.0. The number of nitrogens with zero attached hydrogens (tertiary/aromatic N) is 2. The Bertz CT molecular complexity index is 605. The molecule has 0 bridgehead atoms. The Labute approximate surface area is 165 Å². The number of halogens is 2. The highest BCUT2D eigenvalue weighted by Crippen LogP contribution is 2.29. The fraction of sp³-hybridized carbons (Fsp3) is 0.600. The molecule has 0 N–H and O–H groups in total. The predicted octanol–water partition coefficient (Wildman–Crippen LogP) is 5.03. The number of carbonyl (C=O) groups excluding carboxylic acids is 2.